The summed E-state index contributed by atoms with van der Waals surface area (Å²) in [4.78, 5) is 10.4. The number of hydrogen-bond donors (Lipinski definition) is 0. The van der Waals surface area contributed by atoms with Gasteiger partial charge in [-0.25, -0.2) is 9.97 Å². The smallest absolute Gasteiger partial charge is 0.0973 e. The zero-order chi connectivity index (χ0) is 29.0. The van der Waals surface area contributed by atoms with Gasteiger partial charge in [0.1, 0.15) is 0 Å². The summed E-state index contributed by atoms with van der Waals surface area (Å²) < 4.78 is 0. The van der Waals surface area contributed by atoms with Crippen LogP contribution >= 0.6 is 0 Å². The lowest BCUT2D eigenvalue weighted by Crippen LogP contribution is -1.96. The van der Waals surface area contributed by atoms with Crippen LogP contribution in [0.1, 0.15) is 0 Å². The third kappa shape index (κ3) is 3.89. The molecule has 0 atom stereocenters. The van der Waals surface area contributed by atoms with Crippen molar-refractivity contribution in [3.05, 3.63) is 158 Å². The summed E-state index contributed by atoms with van der Waals surface area (Å²) in [7, 11) is 0. The van der Waals surface area contributed by atoms with Gasteiger partial charge in [-0.2, -0.15) is 0 Å². The topological polar surface area (TPSA) is 25.8 Å². The van der Waals surface area contributed by atoms with Crippen LogP contribution in [0.2, 0.25) is 0 Å². The number of aromatic nitrogens is 2. The maximum atomic E-state index is 5.27. The molecule has 0 aliphatic heterocycles. The van der Waals surface area contributed by atoms with Crippen LogP contribution in [0.15, 0.2) is 158 Å². The van der Waals surface area contributed by atoms with Gasteiger partial charge in [0.25, 0.3) is 0 Å². The molecule has 1 aromatic heterocycles. The van der Waals surface area contributed by atoms with Crippen LogP contribution in [0, 0.1) is 0 Å². The van der Waals surface area contributed by atoms with Gasteiger partial charge in [0.2, 0.25) is 0 Å². The van der Waals surface area contributed by atoms with Crippen molar-refractivity contribution in [1.29, 1.82) is 0 Å². The molecule has 0 fully saturated rings. The molecule has 8 aromatic carbocycles. The Hall–Kier alpha value is -5.86. The molecule has 0 aliphatic rings. The zero-order valence-electron chi connectivity index (χ0n) is 23.9. The molecule has 2 nitrogen and oxygen atoms in total. The Morgan fingerprint density at radius 1 is 0.318 bits per heavy atom. The maximum Gasteiger partial charge on any atom is 0.0973 e. The van der Waals surface area contributed by atoms with Crippen LogP contribution in [-0.2, 0) is 0 Å². The van der Waals surface area contributed by atoms with Crippen LogP contribution in [0.25, 0.3) is 87.8 Å². The molecule has 1 heterocycles. The lowest BCUT2D eigenvalue weighted by atomic mass is 9.90. The van der Waals surface area contributed by atoms with E-state index in [9.17, 15) is 0 Å². The van der Waals surface area contributed by atoms with Crippen molar-refractivity contribution < 1.29 is 0 Å². The van der Waals surface area contributed by atoms with Gasteiger partial charge in [0.15, 0.2) is 0 Å². The Labute approximate surface area is 254 Å². The Morgan fingerprint density at radius 3 is 1.68 bits per heavy atom. The third-order valence-electron chi connectivity index (χ3n) is 8.82. The van der Waals surface area contributed by atoms with Gasteiger partial charge in [0, 0.05) is 11.1 Å². The van der Waals surface area contributed by atoms with Crippen molar-refractivity contribution >= 4 is 54.1 Å². The number of benzene rings is 8. The minimum Gasteiger partial charge on any atom is -0.244 e. The quantitative estimate of drug-likeness (QED) is 0.202. The lowest BCUT2D eigenvalue weighted by Gasteiger charge is -2.15. The second kappa shape index (κ2) is 9.86. The molecule has 2 heteroatoms. The number of fused-ring (bicyclic) bond motifs is 8. The average Bonchev–Trinajstić information content (AvgIpc) is 3.10. The SMILES string of the molecule is c1ccc(-c2nc3ccc(-c4cccc5ccc6ccc7c8ccccc8ccc7c6c45)cc3nc2-c2ccccc2)cc1. The number of nitrogens with zero attached hydrogens (tertiary/aromatic N) is 2. The molecule has 0 aliphatic carbocycles. The van der Waals surface area contributed by atoms with E-state index in [0.717, 1.165) is 39.1 Å². The van der Waals surface area contributed by atoms with Crippen LogP contribution in [0.4, 0.5) is 0 Å². The highest BCUT2D eigenvalue weighted by Gasteiger charge is 2.16. The van der Waals surface area contributed by atoms with E-state index in [4.69, 9.17) is 9.97 Å². The van der Waals surface area contributed by atoms with E-state index in [0.29, 0.717) is 0 Å². The molecule has 0 unspecified atom stereocenters. The van der Waals surface area contributed by atoms with Gasteiger partial charge < -0.3 is 0 Å². The normalized spacial score (nSPS) is 11.6. The monoisotopic (exact) mass is 558 g/mol. The molecule has 44 heavy (non-hydrogen) atoms. The van der Waals surface area contributed by atoms with Crippen molar-refractivity contribution in [3.8, 4) is 33.6 Å². The van der Waals surface area contributed by atoms with E-state index >= 15 is 0 Å². The fourth-order valence-electron chi connectivity index (χ4n) is 6.75. The van der Waals surface area contributed by atoms with Crippen LogP contribution in [-0.4, -0.2) is 9.97 Å². The number of hydrogen-bond acceptors (Lipinski definition) is 2. The molecular weight excluding hydrogens is 532 g/mol. The highest BCUT2D eigenvalue weighted by atomic mass is 14.8. The van der Waals surface area contributed by atoms with Crippen LogP contribution in [0.5, 0.6) is 0 Å². The van der Waals surface area contributed by atoms with E-state index in [1.165, 1.54) is 48.7 Å². The lowest BCUT2D eigenvalue weighted by molar-refractivity contribution is 1.29. The third-order valence-corrected chi connectivity index (χ3v) is 8.82. The molecular formula is C42H26N2. The summed E-state index contributed by atoms with van der Waals surface area (Å²) in [6.45, 7) is 0. The van der Waals surface area contributed by atoms with Crippen LogP contribution < -0.4 is 0 Å². The van der Waals surface area contributed by atoms with Crippen molar-refractivity contribution in [3.63, 3.8) is 0 Å². The largest absolute Gasteiger partial charge is 0.244 e. The summed E-state index contributed by atoms with van der Waals surface area (Å²) in [5.41, 5.74) is 8.00. The maximum absolute atomic E-state index is 5.27. The van der Waals surface area contributed by atoms with Crippen molar-refractivity contribution in [1.82, 2.24) is 9.97 Å². The van der Waals surface area contributed by atoms with Gasteiger partial charge in [-0.1, -0.05) is 146 Å². The molecule has 204 valence electrons. The summed E-state index contributed by atoms with van der Waals surface area (Å²) in [6.07, 6.45) is 0. The van der Waals surface area contributed by atoms with Crippen LogP contribution in [0.3, 0.4) is 0 Å². The Bertz CT molecular complexity index is 2530. The standard InChI is InChI=1S/C42H26N2/c1-3-11-30(12-4-1)41-42(31-13-5-2-6-14-31)44-38-26-32(22-25-37(38)43-41)34-17-9-15-28-18-19-29-21-23-35-33-16-8-7-10-27(33)20-24-36(35)40(29)39(28)34/h1-26H. The predicted octanol–water partition coefficient (Wildman–Crippen LogP) is 11.2. The molecule has 0 N–H and O–H groups in total. The molecule has 9 aromatic rings. The first kappa shape index (κ1) is 24.7. The summed E-state index contributed by atoms with van der Waals surface area (Å²) >= 11 is 0. The average molecular weight is 559 g/mol. The fraction of sp³-hybridized carbons (Fsp3) is 0. The molecule has 0 radical (unpaired) electrons. The Balaban J connectivity index is 1.32. The number of rotatable bonds is 3. The molecule has 0 spiro atoms. The first-order valence-electron chi connectivity index (χ1n) is 15.0. The first-order chi connectivity index (χ1) is 21.8. The predicted molar refractivity (Wildman–Crippen MR) is 186 cm³/mol. The molecule has 0 saturated heterocycles. The Morgan fingerprint density at radius 2 is 0.909 bits per heavy atom. The minimum absolute atomic E-state index is 0.883. The van der Waals surface area contributed by atoms with Crippen molar-refractivity contribution in [2.75, 3.05) is 0 Å². The molecule has 0 saturated carbocycles. The van der Waals surface area contributed by atoms with E-state index < -0.39 is 0 Å². The second-order valence-corrected chi connectivity index (χ2v) is 11.4. The first-order valence-corrected chi connectivity index (χ1v) is 15.0. The van der Waals surface area contributed by atoms with E-state index in [1.807, 2.05) is 12.1 Å². The van der Waals surface area contributed by atoms with Gasteiger partial charge >= 0.3 is 0 Å². The molecule has 0 amide bonds. The summed E-state index contributed by atoms with van der Waals surface area (Å²) in [5.74, 6) is 0. The van der Waals surface area contributed by atoms with E-state index in [2.05, 4.69) is 146 Å². The van der Waals surface area contributed by atoms with Crippen molar-refractivity contribution in [2.45, 2.75) is 0 Å². The second-order valence-electron chi connectivity index (χ2n) is 11.4. The van der Waals surface area contributed by atoms with Gasteiger partial charge in [-0.15, -0.1) is 0 Å². The highest BCUT2D eigenvalue weighted by Crippen LogP contribution is 2.40. The summed E-state index contributed by atoms with van der Waals surface area (Å²) in [6, 6.07) is 56.1. The highest BCUT2D eigenvalue weighted by molar-refractivity contribution is 6.27. The molecule has 0 bridgehead atoms. The Kier molecular flexibility index (Phi) is 5.54. The van der Waals surface area contributed by atoms with Gasteiger partial charge in [0.05, 0.1) is 22.4 Å². The summed E-state index contributed by atoms with van der Waals surface area (Å²) in [5, 5.41) is 10.1. The molecule has 9 rings (SSSR count). The van der Waals surface area contributed by atoms with Gasteiger partial charge in [-0.3, -0.25) is 0 Å². The van der Waals surface area contributed by atoms with Gasteiger partial charge in [-0.05, 0) is 66.3 Å². The van der Waals surface area contributed by atoms with E-state index in [1.54, 1.807) is 0 Å². The van der Waals surface area contributed by atoms with E-state index in [-0.39, 0.29) is 0 Å². The zero-order valence-corrected chi connectivity index (χ0v) is 23.9. The fourth-order valence-corrected chi connectivity index (χ4v) is 6.75. The van der Waals surface area contributed by atoms with Crippen molar-refractivity contribution in [2.24, 2.45) is 0 Å². The minimum atomic E-state index is 0.883.